The number of aryl methyl sites for hydroxylation is 2. The third-order valence-electron chi connectivity index (χ3n) is 12.3. The van der Waals surface area contributed by atoms with Crippen molar-refractivity contribution in [2.45, 2.75) is 95.4 Å². The maximum Gasteiger partial charge on any atom is 0.258 e. The standard InChI is InChI=1S/C49H49N3O7S/c1-28-16-38-35(22-43(53)42-21-34-9-5-7-11-41(34)52(42)49(38)56)24-44(28)58-26-30-17-31(19-36(18-30)50-47(54)15-12-29(2)60)27-59-46-23-32-13-14-37-20-33-8-4-6-10-40(33)51(37)48(55)39(32)25-45(46)57-3/h4-11,16-19,23-25,29,37,42-43,53,60H,12-15,20-22,26-27H2,1-3H3,(H,50,54)/t29?,37-,42+,43?/m1/s1. The van der Waals surface area contributed by atoms with Gasteiger partial charge in [0, 0.05) is 47.1 Å². The molecular weight excluding hydrogens is 775 g/mol. The van der Waals surface area contributed by atoms with E-state index in [1.165, 1.54) is 5.56 Å². The number of aliphatic hydroxyl groups excluding tert-OH is 1. The van der Waals surface area contributed by atoms with Gasteiger partial charge < -0.3 is 34.4 Å². The van der Waals surface area contributed by atoms with Crippen molar-refractivity contribution in [3.8, 4) is 17.2 Å². The summed E-state index contributed by atoms with van der Waals surface area (Å²) in [5.41, 5.74) is 9.96. The lowest BCUT2D eigenvalue weighted by Crippen LogP contribution is -2.43. The molecule has 0 radical (unpaired) electrons. The number of thiol groups is 1. The molecule has 4 heterocycles. The van der Waals surface area contributed by atoms with Crippen molar-refractivity contribution in [3.63, 3.8) is 0 Å². The van der Waals surface area contributed by atoms with Crippen molar-refractivity contribution in [2.75, 3.05) is 22.2 Å². The van der Waals surface area contributed by atoms with Crippen LogP contribution in [-0.2, 0) is 43.7 Å². The highest BCUT2D eigenvalue weighted by atomic mass is 32.1. The number of fused-ring (bicyclic) bond motifs is 8. The second kappa shape index (κ2) is 16.3. The highest BCUT2D eigenvalue weighted by molar-refractivity contribution is 7.80. The first-order valence-electron chi connectivity index (χ1n) is 20.8. The Morgan fingerprint density at radius 1 is 0.783 bits per heavy atom. The van der Waals surface area contributed by atoms with Crippen molar-refractivity contribution in [1.29, 1.82) is 0 Å². The lowest BCUT2D eigenvalue weighted by atomic mass is 9.96. The zero-order valence-electron chi connectivity index (χ0n) is 34.1. The second-order valence-corrected chi connectivity index (χ2v) is 17.4. The molecule has 10 nitrogen and oxygen atoms in total. The van der Waals surface area contributed by atoms with E-state index < -0.39 is 6.10 Å². The summed E-state index contributed by atoms with van der Waals surface area (Å²) in [7, 11) is 1.57. The predicted octanol–water partition coefficient (Wildman–Crippen LogP) is 8.20. The van der Waals surface area contributed by atoms with Crippen LogP contribution in [0.15, 0.2) is 91.0 Å². The van der Waals surface area contributed by atoms with Crippen LogP contribution >= 0.6 is 12.6 Å². The average Bonchev–Trinajstić information content (AvgIpc) is 3.76. The molecule has 5 aromatic rings. The lowest BCUT2D eigenvalue weighted by molar-refractivity contribution is -0.116. The molecule has 9 rings (SSSR count). The van der Waals surface area contributed by atoms with Crippen LogP contribution in [-0.4, -0.2) is 53.4 Å². The van der Waals surface area contributed by atoms with E-state index in [-0.39, 0.29) is 48.3 Å². The van der Waals surface area contributed by atoms with Crippen LogP contribution in [0.2, 0.25) is 0 Å². The minimum atomic E-state index is -0.736. The first kappa shape index (κ1) is 39.7. The number of methoxy groups -OCH3 is 1. The normalized spacial score (nSPS) is 19.2. The van der Waals surface area contributed by atoms with Gasteiger partial charge >= 0.3 is 0 Å². The highest BCUT2D eigenvalue weighted by Crippen LogP contribution is 2.42. The Morgan fingerprint density at radius 3 is 2.13 bits per heavy atom. The summed E-state index contributed by atoms with van der Waals surface area (Å²) in [6, 6.07) is 29.0. The molecule has 5 aromatic carbocycles. The van der Waals surface area contributed by atoms with E-state index in [2.05, 4.69) is 24.0 Å². The Hall–Kier alpha value is -5.78. The molecule has 11 heteroatoms. The molecule has 0 saturated heterocycles. The van der Waals surface area contributed by atoms with E-state index in [0.29, 0.717) is 59.7 Å². The number of hydrogen-bond donors (Lipinski definition) is 3. The zero-order chi connectivity index (χ0) is 41.7. The number of amides is 3. The van der Waals surface area contributed by atoms with Crippen LogP contribution in [0.3, 0.4) is 0 Å². The Labute approximate surface area is 355 Å². The summed E-state index contributed by atoms with van der Waals surface area (Å²) >= 11 is 4.44. The minimum absolute atomic E-state index is 0.0266. The number of benzene rings is 5. The number of nitrogens with one attached hydrogen (secondary N) is 1. The molecular formula is C49H49N3O7S. The third-order valence-corrected chi connectivity index (χ3v) is 12.6. The van der Waals surface area contributed by atoms with Crippen molar-refractivity contribution in [3.05, 3.63) is 141 Å². The fourth-order valence-corrected chi connectivity index (χ4v) is 9.44. The minimum Gasteiger partial charge on any atom is -0.493 e. The summed E-state index contributed by atoms with van der Waals surface area (Å²) in [5.74, 6) is 1.35. The largest absolute Gasteiger partial charge is 0.493 e. The number of carbonyl (C=O) groups is 3. The Balaban J connectivity index is 0.958. The Morgan fingerprint density at radius 2 is 1.42 bits per heavy atom. The van der Waals surface area contributed by atoms with Gasteiger partial charge in [0.2, 0.25) is 5.91 Å². The van der Waals surface area contributed by atoms with Gasteiger partial charge in [-0.05, 0) is 138 Å². The quantitative estimate of drug-likeness (QED) is 0.115. The number of ether oxygens (including phenoxy) is 3. The molecule has 4 aliphatic rings. The summed E-state index contributed by atoms with van der Waals surface area (Å²) in [4.78, 5) is 44.7. The molecule has 3 amide bonds. The van der Waals surface area contributed by atoms with Gasteiger partial charge in [0.05, 0.1) is 19.3 Å². The van der Waals surface area contributed by atoms with Crippen LogP contribution in [0.4, 0.5) is 17.1 Å². The molecule has 2 N–H and O–H groups in total. The van der Waals surface area contributed by atoms with Gasteiger partial charge in [-0.1, -0.05) is 43.3 Å². The SMILES string of the molecule is COc1cc2c(cc1OCc1cc(COc3cc4c(cc3C)C(=O)N3c5ccccc5C[C@H]3C(O)C4)cc(NC(=O)CCC(C)S)c1)CC[C@@H]1Cc3ccccc3N1C2=O. The molecule has 0 aromatic heterocycles. The van der Waals surface area contributed by atoms with E-state index in [1.807, 2.05) is 97.6 Å². The number of aliphatic hydroxyl groups is 1. The zero-order valence-corrected chi connectivity index (χ0v) is 35.0. The maximum atomic E-state index is 14.0. The summed E-state index contributed by atoms with van der Waals surface area (Å²) in [6.07, 6.45) is 3.57. The van der Waals surface area contributed by atoms with E-state index in [0.717, 1.165) is 64.0 Å². The van der Waals surface area contributed by atoms with E-state index in [9.17, 15) is 19.5 Å². The number of para-hydroxylation sites is 2. The number of nitrogens with zero attached hydrogens (tertiary/aromatic N) is 2. The Kier molecular flexibility index (Phi) is 10.8. The second-order valence-electron chi connectivity index (χ2n) is 16.5. The smallest absolute Gasteiger partial charge is 0.258 e. The molecule has 4 atom stereocenters. The molecule has 60 heavy (non-hydrogen) atoms. The fraction of sp³-hybridized carbons (Fsp3) is 0.327. The van der Waals surface area contributed by atoms with Crippen molar-refractivity contribution >= 4 is 47.4 Å². The van der Waals surface area contributed by atoms with E-state index in [4.69, 9.17) is 14.2 Å². The molecule has 0 saturated carbocycles. The molecule has 0 fully saturated rings. The molecule has 308 valence electrons. The van der Waals surface area contributed by atoms with Crippen LogP contribution in [0.1, 0.15) is 85.8 Å². The van der Waals surface area contributed by atoms with Crippen LogP contribution < -0.4 is 29.3 Å². The molecule has 0 aliphatic carbocycles. The average molecular weight is 824 g/mol. The van der Waals surface area contributed by atoms with Gasteiger partial charge in [-0.3, -0.25) is 14.4 Å². The van der Waals surface area contributed by atoms with Gasteiger partial charge in [-0.15, -0.1) is 0 Å². The number of hydrogen-bond acceptors (Lipinski definition) is 8. The topological polar surface area (TPSA) is 118 Å². The highest BCUT2D eigenvalue weighted by Gasteiger charge is 2.42. The fourth-order valence-electron chi connectivity index (χ4n) is 9.31. The summed E-state index contributed by atoms with van der Waals surface area (Å²) in [5, 5.41) is 14.5. The Bertz CT molecular complexity index is 2520. The number of carbonyl (C=O) groups excluding carboxylic acids is 3. The van der Waals surface area contributed by atoms with Crippen LogP contribution in [0, 0.1) is 6.92 Å². The van der Waals surface area contributed by atoms with Crippen LogP contribution in [0.25, 0.3) is 0 Å². The predicted molar refractivity (Wildman–Crippen MR) is 235 cm³/mol. The maximum absolute atomic E-state index is 14.0. The molecule has 0 spiro atoms. The van der Waals surface area contributed by atoms with Crippen LogP contribution in [0.5, 0.6) is 17.2 Å². The van der Waals surface area contributed by atoms with Gasteiger partial charge in [0.1, 0.15) is 19.0 Å². The summed E-state index contributed by atoms with van der Waals surface area (Å²) < 4.78 is 18.7. The summed E-state index contributed by atoms with van der Waals surface area (Å²) in [6.45, 7) is 4.21. The van der Waals surface area contributed by atoms with Gasteiger partial charge in [-0.25, -0.2) is 0 Å². The van der Waals surface area contributed by atoms with Crippen molar-refractivity contribution in [2.24, 2.45) is 0 Å². The molecule has 2 unspecified atom stereocenters. The van der Waals surface area contributed by atoms with E-state index in [1.54, 1.807) is 18.1 Å². The molecule has 0 bridgehead atoms. The van der Waals surface area contributed by atoms with Gasteiger partial charge in [-0.2, -0.15) is 12.6 Å². The number of anilines is 3. The van der Waals surface area contributed by atoms with Crippen molar-refractivity contribution < 1.29 is 33.7 Å². The molecule has 4 aliphatic heterocycles. The number of rotatable bonds is 11. The van der Waals surface area contributed by atoms with E-state index >= 15 is 0 Å². The first-order valence-corrected chi connectivity index (χ1v) is 21.3. The van der Waals surface area contributed by atoms with Gasteiger partial charge in [0.15, 0.2) is 11.5 Å². The van der Waals surface area contributed by atoms with Gasteiger partial charge in [0.25, 0.3) is 11.8 Å². The van der Waals surface area contributed by atoms with Crippen molar-refractivity contribution in [1.82, 2.24) is 0 Å². The first-order chi connectivity index (χ1) is 29.0. The lowest BCUT2D eigenvalue weighted by Gasteiger charge is -2.26. The monoisotopic (exact) mass is 823 g/mol. The third kappa shape index (κ3) is 7.60.